The third kappa shape index (κ3) is 4.10. The fraction of sp³-hybridized carbons (Fsp3) is 0.364. The van der Waals surface area contributed by atoms with Crippen LogP contribution in [0.5, 0.6) is 0 Å². The van der Waals surface area contributed by atoms with E-state index in [4.69, 9.17) is 11.5 Å². The lowest BCUT2D eigenvalue weighted by Gasteiger charge is -2.07. The van der Waals surface area contributed by atoms with Gasteiger partial charge in [0.05, 0.1) is 4.90 Å². The van der Waals surface area contributed by atoms with Crippen LogP contribution in [0.15, 0.2) is 29.2 Å². The summed E-state index contributed by atoms with van der Waals surface area (Å²) in [5.41, 5.74) is 11.5. The van der Waals surface area contributed by atoms with Gasteiger partial charge in [-0.25, -0.2) is 13.1 Å². The zero-order valence-corrected chi connectivity index (χ0v) is 10.7. The van der Waals surface area contributed by atoms with Gasteiger partial charge in [0.2, 0.25) is 5.91 Å². The standard InChI is InChI=1S/C11H17N3O3S/c12-7-5-9-1-3-10(4-2-9)18(16,17)14-11(15)6-8-13/h1-4H,5-8,12-13H2,(H,14,15). The molecular formula is C11H17N3O3S. The summed E-state index contributed by atoms with van der Waals surface area (Å²) in [7, 11) is -3.80. The van der Waals surface area contributed by atoms with Crippen molar-refractivity contribution < 1.29 is 13.2 Å². The summed E-state index contributed by atoms with van der Waals surface area (Å²) < 4.78 is 25.5. The Hall–Kier alpha value is -1.44. The van der Waals surface area contributed by atoms with Crippen LogP contribution in [-0.2, 0) is 21.2 Å². The molecule has 0 heterocycles. The Morgan fingerprint density at radius 1 is 1.11 bits per heavy atom. The first-order valence-electron chi connectivity index (χ1n) is 5.54. The molecule has 0 atom stereocenters. The molecule has 0 radical (unpaired) electrons. The molecule has 100 valence electrons. The molecule has 18 heavy (non-hydrogen) atoms. The van der Waals surface area contributed by atoms with E-state index in [0.717, 1.165) is 5.56 Å². The van der Waals surface area contributed by atoms with E-state index in [0.29, 0.717) is 13.0 Å². The Bertz CT molecular complexity index is 497. The molecule has 0 aliphatic rings. The molecule has 0 aromatic heterocycles. The van der Waals surface area contributed by atoms with E-state index in [2.05, 4.69) is 0 Å². The number of rotatable bonds is 6. The van der Waals surface area contributed by atoms with Crippen molar-refractivity contribution in [1.29, 1.82) is 0 Å². The molecule has 0 spiro atoms. The number of nitrogens with one attached hydrogen (secondary N) is 1. The van der Waals surface area contributed by atoms with Gasteiger partial charge in [0.1, 0.15) is 0 Å². The number of nitrogens with two attached hydrogens (primary N) is 2. The van der Waals surface area contributed by atoms with Gasteiger partial charge in [0, 0.05) is 13.0 Å². The Kier molecular flexibility index (Phi) is 5.26. The number of hydrogen-bond donors (Lipinski definition) is 3. The molecule has 0 saturated heterocycles. The molecular weight excluding hydrogens is 254 g/mol. The third-order valence-corrected chi connectivity index (χ3v) is 3.68. The highest BCUT2D eigenvalue weighted by atomic mass is 32.2. The number of carbonyl (C=O) groups excluding carboxylic acids is 1. The normalized spacial score (nSPS) is 11.2. The largest absolute Gasteiger partial charge is 0.330 e. The molecule has 1 aromatic rings. The van der Waals surface area contributed by atoms with Gasteiger partial charge in [0.25, 0.3) is 10.0 Å². The number of carbonyl (C=O) groups is 1. The SMILES string of the molecule is NCCC(=O)NS(=O)(=O)c1ccc(CCN)cc1. The van der Waals surface area contributed by atoms with Crippen LogP contribution in [0.25, 0.3) is 0 Å². The summed E-state index contributed by atoms with van der Waals surface area (Å²) in [6.45, 7) is 0.607. The maximum Gasteiger partial charge on any atom is 0.264 e. The summed E-state index contributed by atoms with van der Waals surface area (Å²) >= 11 is 0. The minimum Gasteiger partial charge on any atom is -0.330 e. The van der Waals surface area contributed by atoms with Crippen LogP contribution in [0, 0.1) is 0 Å². The van der Waals surface area contributed by atoms with Crippen molar-refractivity contribution in [3.8, 4) is 0 Å². The van der Waals surface area contributed by atoms with Gasteiger partial charge in [-0.3, -0.25) is 4.79 Å². The summed E-state index contributed by atoms with van der Waals surface area (Å²) in [5.74, 6) is -0.608. The van der Waals surface area contributed by atoms with Gasteiger partial charge in [-0.2, -0.15) is 0 Å². The van der Waals surface area contributed by atoms with Gasteiger partial charge in [0.15, 0.2) is 0 Å². The van der Waals surface area contributed by atoms with Crippen molar-refractivity contribution >= 4 is 15.9 Å². The second-order valence-electron chi connectivity index (χ2n) is 3.75. The van der Waals surface area contributed by atoms with Crippen molar-refractivity contribution in [3.05, 3.63) is 29.8 Å². The second-order valence-corrected chi connectivity index (χ2v) is 5.43. The average Bonchev–Trinajstić information content (AvgIpc) is 2.29. The number of sulfonamides is 1. The van der Waals surface area contributed by atoms with E-state index < -0.39 is 15.9 Å². The Balaban J connectivity index is 2.82. The Morgan fingerprint density at radius 2 is 1.72 bits per heavy atom. The highest BCUT2D eigenvalue weighted by molar-refractivity contribution is 7.90. The molecule has 0 saturated carbocycles. The summed E-state index contributed by atoms with van der Waals surface area (Å²) in [6.07, 6.45) is 0.657. The highest BCUT2D eigenvalue weighted by Gasteiger charge is 2.16. The fourth-order valence-electron chi connectivity index (χ4n) is 1.39. The predicted molar refractivity (Wildman–Crippen MR) is 68.2 cm³/mol. The molecule has 0 unspecified atom stereocenters. The lowest BCUT2D eigenvalue weighted by molar-refractivity contribution is -0.119. The lowest BCUT2D eigenvalue weighted by atomic mass is 10.2. The maximum atomic E-state index is 11.8. The van der Waals surface area contributed by atoms with Crippen molar-refractivity contribution in [2.75, 3.05) is 13.1 Å². The Labute approximate surface area is 106 Å². The van der Waals surface area contributed by atoms with E-state index in [1.807, 2.05) is 4.72 Å². The van der Waals surface area contributed by atoms with Crippen LogP contribution in [0.1, 0.15) is 12.0 Å². The van der Waals surface area contributed by atoms with Crippen LogP contribution >= 0.6 is 0 Å². The molecule has 0 aliphatic carbocycles. The van der Waals surface area contributed by atoms with E-state index in [9.17, 15) is 13.2 Å². The minimum absolute atomic E-state index is 0.0233. The van der Waals surface area contributed by atoms with Crippen molar-refractivity contribution in [1.82, 2.24) is 4.72 Å². The third-order valence-electron chi connectivity index (χ3n) is 2.29. The first kappa shape index (κ1) is 14.6. The predicted octanol–water partition coefficient (Wildman–Crippen LogP) is -0.658. The highest BCUT2D eigenvalue weighted by Crippen LogP contribution is 2.10. The molecule has 7 heteroatoms. The quantitative estimate of drug-likeness (QED) is 0.635. The van der Waals surface area contributed by atoms with E-state index in [-0.39, 0.29) is 17.9 Å². The van der Waals surface area contributed by atoms with Crippen LogP contribution < -0.4 is 16.2 Å². The van der Waals surface area contributed by atoms with E-state index in [1.54, 1.807) is 12.1 Å². The molecule has 1 aromatic carbocycles. The fourth-order valence-corrected chi connectivity index (χ4v) is 2.41. The van der Waals surface area contributed by atoms with Gasteiger partial charge in [-0.1, -0.05) is 12.1 Å². The van der Waals surface area contributed by atoms with Crippen LogP contribution in [-0.4, -0.2) is 27.4 Å². The van der Waals surface area contributed by atoms with Gasteiger partial charge in [-0.05, 0) is 30.7 Å². The van der Waals surface area contributed by atoms with Gasteiger partial charge in [-0.15, -0.1) is 0 Å². The molecule has 0 aliphatic heterocycles. The van der Waals surface area contributed by atoms with Crippen LogP contribution in [0.2, 0.25) is 0 Å². The zero-order chi connectivity index (χ0) is 13.6. The molecule has 1 amide bonds. The van der Waals surface area contributed by atoms with Gasteiger partial charge >= 0.3 is 0 Å². The molecule has 5 N–H and O–H groups in total. The second kappa shape index (κ2) is 6.48. The first-order valence-corrected chi connectivity index (χ1v) is 7.02. The lowest BCUT2D eigenvalue weighted by Crippen LogP contribution is -2.31. The average molecular weight is 271 g/mol. The first-order chi connectivity index (χ1) is 8.49. The monoisotopic (exact) mass is 271 g/mol. The van der Waals surface area contributed by atoms with Gasteiger partial charge < -0.3 is 11.5 Å². The number of amides is 1. The smallest absolute Gasteiger partial charge is 0.264 e. The zero-order valence-electron chi connectivity index (χ0n) is 9.93. The van der Waals surface area contributed by atoms with Crippen molar-refractivity contribution in [3.63, 3.8) is 0 Å². The number of hydrogen-bond acceptors (Lipinski definition) is 5. The molecule has 0 bridgehead atoms. The maximum absolute atomic E-state index is 11.8. The van der Waals surface area contributed by atoms with E-state index >= 15 is 0 Å². The van der Waals surface area contributed by atoms with Crippen molar-refractivity contribution in [2.45, 2.75) is 17.7 Å². The van der Waals surface area contributed by atoms with Crippen LogP contribution in [0.4, 0.5) is 0 Å². The Morgan fingerprint density at radius 3 is 2.22 bits per heavy atom. The molecule has 6 nitrogen and oxygen atoms in total. The summed E-state index contributed by atoms with van der Waals surface area (Å²) in [5, 5.41) is 0. The minimum atomic E-state index is -3.80. The van der Waals surface area contributed by atoms with Crippen molar-refractivity contribution in [2.24, 2.45) is 11.5 Å². The van der Waals surface area contributed by atoms with E-state index in [1.165, 1.54) is 12.1 Å². The molecule has 1 rings (SSSR count). The summed E-state index contributed by atoms with van der Waals surface area (Å²) in [4.78, 5) is 11.3. The summed E-state index contributed by atoms with van der Waals surface area (Å²) in [6, 6.07) is 6.25. The topological polar surface area (TPSA) is 115 Å². The van der Waals surface area contributed by atoms with Crippen LogP contribution in [0.3, 0.4) is 0 Å². The number of benzene rings is 1. The molecule has 0 fully saturated rings.